The molecule has 1 N–H and O–H groups in total. The highest BCUT2D eigenvalue weighted by molar-refractivity contribution is 5.52. The van der Waals surface area contributed by atoms with E-state index < -0.39 is 6.29 Å². The van der Waals surface area contributed by atoms with Crippen LogP contribution in [-0.4, -0.2) is 33.1 Å². The summed E-state index contributed by atoms with van der Waals surface area (Å²) in [5, 5.41) is 14.2. The van der Waals surface area contributed by atoms with Crippen LogP contribution in [0.15, 0.2) is 29.0 Å². The summed E-state index contributed by atoms with van der Waals surface area (Å²) in [5.74, 6) is 1.78. The molecule has 2 aromatic rings. The molecule has 130 valence electrons. The van der Waals surface area contributed by atoms with Crippen LogP contribution in [0.3, 0.4) is 0 Å². The molecule has 1 aliphatic carbocycles. The number of pyridine rings is 1. The molecule has 2 aromatic heterocycles. The van der Waals surface area contributed by atoms with Crippen molar-refractivity contribution in [1.82, 2.24) is 15.1 Å². The molecule has 0 bridgehead atoms. The molecule has 24 heavy (non-hydrogen) atoms. The molecule has 1 aliphatic rings. The lowest BCUT2D eigenvalue weighted by Gasteiger charge is -2.29. The fourth-order valence-electron chi connectivity index (χ4n) is 3.16. The third-order valence-corrected chi connectivity index (χ3v) is 4.69. The lowest BCUT2D eigenvalue weighted by Crippen LogP contribution is -2.28. The van der Waals surface area contributed by atoms with Gasteiger partial charge >= 0.3 is 0 Å². The summed E-state index contributed by atoms with van der Waals surface area (Å²) in [6.07, 6.45) is 8.59. The van der Waals surface area contributed by atoms with Crippen molar-refractivity contribution in [2.45, 2.75) is 57.7 Å². The van der Waals surface area contributed by atoms with Crippen LogP contribution >= 0.6 is 0 Å². The number of aliphatic hydroxyl groups excluding tert-OH is 1. The van der Waals surface area contributed by atoms with Gasteiger partial charge in [-0.25, -0.2) is 0 Å². The number of nitrogens with zero attached hydrogens (tertiary/aromatic N) is 3. The van der Waals surface area contributed by atoms with Gasteiger partial charge in [0.15, 0.2) is 6.29 Å². The molecule has 6 heteroatoms. The fourth-order valence-corrected chi connectivity index (χ4v) is 3.16. The van der Waals surface area contributed by atoms with E-state index in [9.17, 15) is 5.11 Å². The van der Waals surface area contributed by atoms with Gasteiger partial charge in [0.05, 0.1) is 0 Å². The Bertz CT molecular complexity index is 609. The fraction of sp³-hybridized carbons (Fsp3) is 0.611. The van der Waals surface area contributed by atoms with Crippen molar-refractivity contribution in [3.8, 4) is 11.4 Å². The Morgan fingerprint density at radius 2 is 2.00 bits per heavy atom. The summed E-state index contributed by atoms with van der Waals surface area (Å²) in [6.45, 7) is 2.75. The lowest BCUT2D eigenvalue weighted by atomic mass is 9.81. The standard InChI is InChI=1S/C18H25N3O3/c1-2-3-12-23-18(22)15-6-4-14(5-7-15)17-20-16(21-24-17)13-8-10-19-11-9-13/h8-11,14-15,18,22H,2-7,12H2,1H3. The Morgan fingerprint density at radius 3 is 2.71 bits per heavy atom. The molecule has 0 saturated heterocycles. The van der Waals surface area contributed by atoms with Crippen molar-refractivity contribution >= 4 is 0 Å². The van der Waals surface area contributed by atoms with Crippen LogP contribution < -0.4 is 0 Å². The molecule has 0 aromatic carbocycles. The van der Waals surface area contributed by atoms with Crippen molar-refractivity contribution < 1.29 is 14.4 Å². The molecule has 1 saturated carbocycles. The maximum Gasteiger partial charge on any atom is 0.230 e. The molecule has 1 atom stereocenters. The van der Waals surface area contributed by atoms with Crippen molar-refractivity contribution in [3.05, 3.63) is 30.4 Å². The summed E-state index contributed by atoms with van der Waals surface area (Å²) in [5.41, 5.74) is 0.911. The number of hydrogen-bond acceptors (Lipinski definition) is 6. The first-order chi connectivity index (χ1) is 11.8. The maximum absolute atomic E-state index is 10.1. The zero-order valence-electron chi connectivity index (χ0n) is 14.1. The van der Waals surface area contributed by atoms with E-state index in [2.05, 4.69) is 22.0 Å². The second-order valence-corrected chi connectivity index (χ2v) is 6.42. The first-order valence-electron chi connectivity index (χ1n) is 8.81. The predicted molar refractivity (Wildman–Crippen MR) is 89.1 cm³/mol. The van der Waals surface area contributed by atoms with Gasteiger partial charge < -0.3 is 14.4 Å². The molecule has 0 aliphatic heterocycles. The largest absolute Gasteiger partial charge is 0.368 e. The number of aromatic nitrogens is 3. The zero-order chi connectivity index (χ0) is 16.8. The molecule has 6 nitrogen and oxygen atoms in total. The van der Waals surface area contributed by atoms with Crippen molar-refractivity contribution in [2.24, 2.45) is 5.92 Å². The molecule has 1 fully saturated rings. The van der Waals surface area contributed by atoms with Gasteiger partial charge in [-0.2, -0.15) is 4.98 Å². The SMILES string of the molecule is CCCCOC(O)C1CCC(c2nc(-c3ccncc3)no2)CC1. The van der Waals surface area contributed by atoms with E-state index in [0.29, 0.717) is 18.3 Å². The topological polar surface area (TPSA) is 81.3 Å². The average molecular weight is 331 g/mol. The molecule has 2 heterocycles. The lowest BCUT2D eigenvalue weighted by molar-refractivity contribution is -0.142. The number of unbranched alkanes of at least 4 members (excludes halogenated alkanes) is 1. The molecule has 3 rings (SSSR count). The summed E-state index contributed by atoms with van der Waals surface area (Å²) in [7, 11) is 0. The summed E-state index contributed by atoms with van der Waals surface area (Å²) >= 11 is 0. The van der Waals surface area contributed by atoms with E-state index in [1.807, 2.05) is 12.1 Å². The first-order valence-corrected chi connectivity index (χ1v) is 8.81. The number of rotatable bonds is 7. The Hall–Kier alpha value is -1.79. The Labute approximate surface area is 142 Å². The minimum Gasteiger partial charge on any atom is -0.368 e. The molecule has 0 spiro atoms. The van der Waals surface area contributed by atoms with Gasteiger partial charge in [0, 0.05) is 36.4 Å². The van der Waals surface area contributed by atoms with E-state index in [1.54, 1.807) is 12.4 Å². The van der Waals surface area contributed by atoms with E-state index in [4.69, 9.17) is 9.26 Å². The normalized spacial score (nSPS) is 22.4. The number of aliphatic hydroxyl groups is 1. The molecular formula is C18H25N3O3. The minimum atomic E-state index is -0.646. The summed E-state index contributed by atoms with van der Waals surface area (Å²) in [4.78, 5) is 8.53. The predicted octanol–water partition coefficient (Wildman–Crippen LogP) is 3.54. The monoisotopic (exact) mass is 331 g/mol. The van der Waals surface area contributed by atoms with E-state index in [1.165, 1.54) is 0 Å². The Morgan fingerprint density at radius 1 is 1.25 bits per heavy atom. The van der Waals surface area contributed by atoms with Gasteiger partial charge in [-0.3, -0.25) is 4.98 Å². The highest BCUT2D eigenvalue weighted by Crippen LogP contribution is 2.37. The smallest absolute Gasteiger partial charge is 0.230 e. The van der Waals surface area contributed by atoms with Crippen LogP contribution in [0.1, 0.15) is 57.3 Å². The zero-order valence-corrected chi connectivity index (χ0v) is 14.1. The van der Waals surface area contributed by atoms with Gasteiger partial charge in [0.1, 0.15) is 0 Å². The number of hydrogen-bond donors (Lipinski definition) is 1. The van der Waals surface area contributed by atoms with Crippen LogP contribution in [0, 0.1) is 5.92 Å². The molecular weight excluding hydrogens is 306 g/mol. The van der Waals surface area contributed by atoms with Gasteiger partial charge in [0.2, 0.25) is 11.7 Å². The summed E-state index contributed by atoms with van der Waals surface area (Å²) < 4.78 is 11.0. The van der Waals surface area contributed by atoms with Crippen LogP contribution in [0.25, 0.3) is 11.4 Å². The Kier molecular flexibility index (Phi) is 5.93. The third kappa shape index (κ3) is 4.19. The van der Waals surface area contributed by atoms with Gasteiger partial charge in [-0.05, 0) is 44.2 Å². The number of ether oxygens (including phenoxy) is 1. The second kappa shape index (κ2) is 8.35. The minimum absolute atomic E-state index is 0.209. The highest BCUT2D eigenvalue weighted by atomic mass is 16.6. The van der Waals surface area contributed by atoms with E-state index in [0.717, 1.165) is 44.1 Å². The summed E-state index contributed by atoms with van der Waals surface area (Å²) in [6, 6.07) is 3.74. The quantitative estimate of drug-likeness (QED) is 0.617. The second-order valence-electron chi connectivity index (χ2n) is 6.42. The van der Waals surface area contributed by atoms with Gasteiger partial charge in [-0.15, -0.1) is 0 Å². The van der Waals surface area contributed by atoms with Crippen LogP contribution in [-0.2, 0) is 4.74 Å². The molecule has 0 radical (unpaired) electrons. The molecule has 0 amide bonds. The average Bonchev–Trinajstić information content (AvgIpc) is 3.13. The van der Waals surface area contributed by atoms with Crippen molar-refractivity contribution in [1.29, 1.82) is 0 Å². The maximum atomic E-state index is 10.1. The van der Waals surface area contributed by atoms with Crippen molar-refractivity contribution in [2.75, 3.05) is 6.61 Å². The molecule has 1 unspecified atom stereocenters. The van der Waals surface area contributed by atoms with E-state index in [-0.39, 0.29) is 11.8 Å². The van der Waals surface area contributed by atoms with Gasteiger partial charge in [0.25, 0.3) is 0 Å². The van der Waals surface area contributed by atoms with Gasteiger partial charge in [-0.1, -0.05) is 18.5 Å². The van der Waals surface area contributed by atoms with Crippen molar-refractivity contribution in [3.63, 3.8) is 0 Å². The highest BCUT2D eigenvalue weighted by Gasteiger charge is 2.30. The van der Waals surface area contributed by atoms with Crippen LogP contribution in [0.4, 0.5) is 0 Å². The van der Waals surface area contributed by atoms with E-state index >= 15 is 0 Å². The third-order valence-electron chi connectivity index (χ3n) is 4.69. The van der Waals surface area contributed by atoms with Crippen LogP contribution in [0.5, 0.6) is 0 Å². The Balaban J connectivity index is 1.53. The first kappa shape index (κ1) is 17.0. The van der Waals surface area contributed by atoms with Crippen LogP contribution in [0.2, 0.25) is 0 Å².